The molecule has 10 heteroatoms. The number of nitrogens with zero attached hydrogens (tertiary/aromatic N) is 3. The third kappa shape index (κ3) is 6.48. The number of anilines is 1. The van der Waals surface area contributed by atoms with Gasteiger partial charge < -0.3 is 11.1 Å². The lowest BCUT2D eigenvalue weighted by atomic mass is 9.78. The summed E-state index contributed by atoms with van der Waals surface area (Å²) in [7, 11) is -1.89. The average molecular weight is 560 g/mol. The highest BCUT2D eigenvalue weighted by Gasteiger charge is 2.48. The van der Waals surface area contributed by atoms with Gasteiger partial charge in [0, 0.05) is 31.7 Å². The molecule has 9 nitrogen and oxygen atoms in total. The minimum absolute atomic E-state index is 0.00534. The van der Waals surface area contributed by atoms with Gasteiger partial charge in [-0.1, -0.05) is 39.0 Å². The van der Waals surface area contributed by atoms with E-state index in [9.17, 15) is 18.0 Å². The van der Waals surface area contributed by atoms with Crippen LogP contribution in [0.25, 0.3) is 0 Å². The number of nitrogens with one attached hydrogen (secondary N) is 1. The predicted molar refractivity (Wildman–Crippen MR) is 155 cm³/mol. The van der Waals surface area contributed by atoms with Gasteiger partial charge in [0.15, 0.2) is 0 Å². The second kappa shape index (κ2) is 12.0. The molecule has 1 aromatic carbocycles. The first-order valence-corrected chi connectivity index (χ1v) is 16.1. The van der Waals surface area contributed by atoms with Crippen molar-refractivity contribution in [2.75, 3.05) is 30.8 Å². The second-order valence-electron chi connectivity index (χ2n) is 11.8. The molecule has 1 aromatic rings. The molecule has 3 N–H and O–H groups in total. The Balaban J connectivity index is 1.37. The van der Waals surface area contributed by atoms with Crippen LogP contribution in [0.15, 0.2) is 17.1 Å². The number of aryl methyl sites for hydroxylation is 2. The number of carbonyl (C=O) groups excluding carboxylic acids is 2. The second-order valence-corrected chi connectivity index (χ2v) is 13.9. The number of urea groups is 1. The Labute approximate surface area is 233 Å². The Morgan fingerprint density at radius 2 is 1.87 bits per heavy atom. The van der Waals surface area contributed by atoms with Gasteiger partial charge in [-0.3, -0.25) is 14.7 Å². The molecule has 4 rings (SSSR count). The highest BCUT2D eigenvalue weighted by Crippen LogP contribution is 2.37. The monoisotopic (exact) mass is 559 g/mol. The molecule has 216 valence electrons. The first kappa shape index (κ1) is 29.5. The van der Waals surface area contributed by atoms with Gasteiger partial charge in [-0.2, -0.15) is 0 Å². The molecule has 0 bridgehead atoms. The Kier molecular flexibility index (Phi) is 9.05. The molecule has 1 aliphatic carbocycles. The van der Waals surface area contributed by atoms with Crippen molar-refractivity contribution in [3.8, 4) is 0 Å². The standard InChI is InChI=1S/C29H45N5O4S/c1-5-6-8-22-9-7-10-23(19-22)26-31-27(35)29(32-26)12-14-34(15-13-29)39(37,38)16-11-25-20(2)17-24(18-21(25)3)33(4)28(30)36/h17-18,22-23H,5-16,19H2,1-4H3,(H2,30,36)(H,31,32,35)/t22-,23+/m1/s1. The van der Waals surface area contributed by atoms with Crippen molar-refractivity contribution in [3.05, 3.63) is 28.8 Å². The number of benzene rings is 1. The molecule has 1 saturated carbocycles. The number of amidine groups is 1. The molecule has 2 aliphatic heterocycles. The molecular formula is C29H45N5O4S. The van der Waals surface area contributed by atoms with E-state index in [0.29, 0.717) is 49.9 Å². The van der Waals surface area contributed by atoms with Gasteiger partial charge in [0.25, 0.3) is 5.91 Å². The van der Waals surface area contributed by atoms with Gasteiger partial charge >= 0.3 is 6.03 Å². The number of sulfonamides is 1. The van der Waals surface area contributed by atoms with E-state index in [2.05, 4.69) is 12.2 Å². The van der Waals surface area contributed by atoms with Crippen molar-refractivity contribution in [2.45, 2.75) is 90.5 Å². The lowest BCUT2D eigenvalue weighted by Crippen LogP contribution is -2.51. The number of nitrogens with two attached hydrogens (primary N) is 1. The van der Waals surface area contributed by atoms with E-state index in [1.165, 1.54) is 41.3 Å². The summed E-state index contributed by atoms with van der Waals surface area (Å²) < 4.78 is 28.1. The molecule has 2 atom stereocenters. The van der Waals surface area contributed by atoms with Gasteiger partial charge in [0.2, 0.25) is 10.0 Å². The number of hydrogen-bond donors (Lipinski definition) is 2. The van der Waals surface area contributed by atoms with Crippen LogP contribution in [0, 0.1) is 25.7 Å². The number of unbranched alkanes of at least 4 members (excludes halogenated alkanes) is 1. The van der Waals surface area contributed by atoms with E-state index in [-0.39, 0.29) is 11.7 Å². The van der Waals surface area contributed by atoms with E-state index in [4.69, 9.17) is 10.7 Å². The predicted octanol–water partition coefficient (Wildman–Crippen LogP) is 4.05. The van der Waals surface area contributed by atoms with Gasteiger partial charge in [0.05, 0.1) is 5.75 Å². The van der Waals surface area contributed by atoms with E-state index in [1.807, 2.05) is 26.0 Å². The number of piperidine rings is 1. The van der Waals surface area contributed by atoms with Crippen molar-refractivity contribution in [2.24, 2.45) is 22.6 Å². The fourth-order valence-corrected chi connectivity index (χ4v) is 8.01. The number of primary amides is 1. The van der Waals surface area contributed by atoms with Crippen LogP contribution < -0.4 is 16.0 Å². The molecule has 3 aliphatic rings. The summed E-state index contributed by atoms with van der Waals surface area (Å²) in [6, 6.07) is 3.17. The zero-order valence-corrected chi connectivity index (χ0v) is 24.8. The van der Waals surface area contributed by atoms with Crippen molar-refractivity contribution in [3.63, 3.8) is 0 Å². The fourth-order valence-electron chi connectivity index (χ4n) is 6.55. The lowest BCUT2D eigenvalue weighted by Gasteiger charge is -2.35. The topological polar surface area (TPSA) is 125 Å². The summed E-state index contributed by atoms with van der Waals surface area (Å²) in [5.41, 5.74) is 8.06. The number of carbonyl (C=O) groups is 2. The van der Waals surface area contributed by atoms with Crippen molar-refractivity contribution in [1.29, 1.82) is 0 Å². The molecule has 0 aromatic heterocycles. The van der Waals surface area contributed by atoms with Gasteiger partial charge in [-0.15, -0.1) is 0 Å². The third-order valence-electron chi connectivity index (χ3n) is 9.09. The summed E-state index contributed by atoms with van der Waals surface area (Å²) in [4.78, 5) is 31.0. The van der Waals surface area contributed by atoms with E-state index < -0.39 is 21.6 Å². The number of rotatable bonds is 9. The van der Waals surface area contributed by atoms with Crippen LogP contribution >= 0.6 is 0 Å². The van der Waals surface area contributed by atoms with E-state index in [0.717, 1.165) is 35.4 Å². The molecular weight excluding hydrogens is 514 g/mol. The van der Waals surface area contributed by atoms with Crippen molar-refractivity contribution in [1.82, 2.24) is 9.62 Å². The Morgan fingerprint density at radius 3 is 2.49 bits per heavy atom. The molecule has 1 saturated heterocycles. The van der Waals surface area contributed by atoms with Crippen LogP contribution in [-0.2, 0) is 21.2 Å². The molecule has 0 unspecified atom stereocenters. The maximum absolute atomic E-state index is 13.3. The van der Waals surface area contributed by atoms with Crippen molar-refractivity contribution >= 4 is 33.5 Å². The summed E-state index contributed by atoms with van der Waals surface area (Å²) >= 11 is 0. The fraction of sp³-hybridized carbons (Fsp3) is 0.690. The Hall–Kier alpha value is -2.46. The molecule has 0 radical (unpaired) electrons. The molecule has 39 heavy (non-hydrogen) atoms. The average Bonchev–Trinajstić information content (AvgIpc) is 3.21. The molecule has 2 heterocycles. The highest BCUT2D eigenvalue weighted by molar-refractivity contribution is 7.89. The molecule has 1 spiro atoms. The zero-order chi connectivity index (χ0) is 28.4. The van der Waals surface area contributed by atoms with Crippen LogP contribution in [-0.4, -0.2) is 61.9 Å². The first-order valence-electron chi connectivity index (χ1n) is 14.5. The summed E-state index contributed by atoms with van der Waals surface area (Å²) in [5.74, 6) is 1.80. The maximum Gasteiger partial charge on any atom is 0.318 e. The SMILES string of the molecule is CCCC[C@@H]1CCC[C@H](C2=NC3(CCN(S(=O)(=O)CCc4c(C)cc(N(C)C(N)=O)cc4C)CC3)C(=O)N2)C1. The quantitative estimate of drug-likeness (QED) is 0.473. The van der Waals surface area contributed by atoms with Gasteiger partial charge in [-0.25, -0.2) is 17.5 Å². The number of amides is 3. The third-order valence-corrected chi connectivity index (χ3v) is 11.0. The minimum Gasteiger partial charge on any atom is -0.351 e. The van der Waals surface area contributed by atoms with Crippen LogP contribution in [0.2, 0.25) is 0 Å². The van der Waals surface area contributed by atoms with Crippen molar-refractivity contribution < 1.29 is 18.0 Å². The van der Waals surface area contributed by atoms with E-state index in [1.54, 1.807) is 7.05 Å². The summed E-state index contributed by atoms with van der Waals surface area (Å²) in [5, 5.41) is 3.10. The maximum atomic E-state index is 13.3. The van der Waals surface area contributed by atoms with Crippen LogP contribution in [0.3, 0.4) is 0 Å². The summed E-state index contributed by atoms with van der Waals surface area (Å²) in [6.45, 7) is 6.67. The number of aliphatic imine (C=N–C) groups is 1. The smallest absolute Gasteiger partial charge is 0.318 e. The van der Waals surface area contributed by atoms with Crippen LogP contribution in [0.5, 0.6) is 0 Å². The Bertz CT molecular complexity index is 1200. The van der Waals surface area contributed by atoms with Gasteiger partial charge in [0.1, 0.15) is 11.4 Å². The highest BCUT2D eigenvalue weighted by atomic mass is 32.2. The Morgan fingerprint density at radius 1 is 1.21 bits per heavy atom. The zero-order valence-electron chi connectivity index (χ0n) is 24.0. The summed E-state index contributed by atoms with van der Waals surface area (Å²) in [6.07, 6.45) is 9.53. The molecule has 3 amide bonds. The van der Waals surface area contributed by atoms with Gasteiger partial charge in [-0.05, 0) is 80.7 Å². The van der Waals surface area contributed by atoms with Crippen LogP contribution in [0.1, 0.15) is 81.4 Å². The molecule has 2 fully saturated rings. The number of hydrogen-bond acceptors (Lipinski definition) is 5. The minimum atomic E-state index is -3.50. The normalized spacial score (nSPS) is 23.5. The lowest BCUT2D eigenvalue weighted by molar-refractivity contribution is -0.125. The largest absolute Gasteiger partial charge is 0.351 e. The van der Waals surface area contributed by atoms with E-state index >= 15 is 0 Å². The van der Waals surface area contributed by atoms with Crippen LogP contribution in [0.4, 0.5) is 10.5 Å². The first-order chi connectivity index (χ1) is 18.5.